The molecule has 1 aliphatic rings. The number of rotatable bonds is 6. The van der Waals surface area contributed by atoms with Crippen molar-refractivity contribution in [3.8, 4) is 0 Å². The van der Waals surface area contributed by atoms with E-state index in [1.807, 2.05) is 30.3 Å². The molecule has 0 saturated carbocycles. The van der Waals surface area contributed by atoms with Crippen molar-refractivity contribution in [1.29, 1.82) is 0 Å². The Morgan fingerprint density at radius 1 is 0.875 bits per heavy atom. The van der Waals surface area contributed by atoms with Crippen LogP contribution in [0, 0.1) is 0 Å². The summed E-state index contributed by atoms with van der Waals surface area (Å²) in [6.07, 6.45) is 1.50. The lowest BCUT2D eigenvalue weighted by Gasteiger charge is -2.13. The zero-order chi connectivity index (χ0) is 16.9. The van der Waals surface area contributed by atoms with E-state index in [2.05, 4.69) is 0 Å². The van der Waals surface area contributed by atoms with Crippen LogP contribution in [0.15, 0.2) is 54.6 Å². The van der Waals surface area contributed by atoms with Gasteiger partial charge in [-0.2, -0.15) is 0 Å². The lowest BCUT2D eigenvalue weighted by atomic mass is 10.1. The molecule has 3 rings (SSSR count). The molecule has 24 heavy (non-hydrogen) atoms. The summed E-state index contributed by atoms with van der Waals surface area (Å²) in [7, 11) is 0. The smallest absolute Gasteiger partial charge is 0.326 e. The van der Waals surface area contributed by atoms with E-state index in [1.54, 1.807) is 24.3 Å². The summed E-state index contributed by atoms with van der Waals surface area (Å²) in [4.78, 5) is 37.1. The summed E-state index contributed by atoms with van der Waals surface area (Å²) in [5.41, 5.74) is 1.84. The molecule has 5 nitrogen and oxygen atoms in total. The first-order valence-electron chi connectivity index (χ1n) is 7.81. The highest BCUT2D eigenvalue weighted by Gasteiger charge is 2.36. The van der Waals surface area contributed by atoms with Crippen LogP contribution in [0.3, 0.4) is 0 Å². The fraction of sp³-hybridized carbons (Fsp3) is 0.211. The third-order valence-electron chi connectivity index (χ3n) is 3.88. The van der Waals surface area contributed by atoms with E-state index in [4.69, 9.17) is 4.74 Å². The van der Waals surface area contributed by atoms with E-state index in [9.17, 15) is 14.4 Å². The average molecular weight is 323 g/mol. The topological polar surface area (TPSA) is 63.7 Å². The van der Waals surface area contributed by atoms with E-state index in [1.165, 1.54) is 5.56 Å². The van der Waals surface area contributed by atoms with Gasteiger partial charge in [-0.05, 0) is 30.5 Å². The number of carbonyl (C=O) groups is 3. The predicted molar refractivity (Wildman–Crippen MR) is 87.5 cm³/mol. The Kier molecular flexibility index (Phi) is 4.70. The molecular weight excluding hydrogens is 306 g/mol. The number of ether oxygens (including phenoxy) is 1. The number of nitrogens with zero attached hydrogens (tertiary/aromatic N) is 1. The van der Waals surface area contributed by atoms with Gasteiger partial charge in [0, 0.05) is 0 Å². The Hall–Kier alpha value is -2.95. The average Bonchev–Trinajstić information content (AvgIpc) is 2.85. The summed E-state index contributed by atoms with van der Waals surface area (Å²) in [5, 5.41) is 0. The fourth-order valence-corrected chi connectivity index (χ4v) is 2.66. The van der Waals surface area contributed by atoms with Crippen LogP contribution in [0.25, 0.3) is 0 Å². The Morgan fingerprint density at radius 3 is 2.08 bits per heavy atom. The number of amides is 2. The molecule has 0 unspecified atom stereocenters. The first kappa shape index (κ1) is 15.9. The second-order valence-corrected chi connectivity index (χ2v) is 5.55. The molecule has 122 valence electrons. The Labute approximate surface area is 139 Å². The van der Waals surface area contributed by atoms with Crippen molar-refractivity contribution in [3.05, 3.63) is 71.3 Å². The van der Waals surface area contributed by atoms with E-state index in [0.717, 1.165) is 11.3 Å². The van der Waals surface area contributed by atoms with Crippen molar-refractivity contribution in [1.82, 2.24) is 4.90 Å². The first-order chi connectivity index (χ1) is 11.7. The number of imide groups is 1. The Morgan fingerprint density at radius 2 is 1.46 bits per heavy atom. The molecule has 0 fully saturated rings. The van der Waals surface area contributed by atoms with Gasteiger partial charge >= 0.3 is 5.97 Å². The third kappa shape index (κ3) is 3.35. The number of hydrogen-bond donors (Lipinski definition) is 0. The minimum atomic E-state index is -0.572. The highest BCUT2D eigenvalue weighted by molar-refractivity contribution is 6.22. The molecule has 5 heteroatoms. The highest BCUT2D eigenvalue weighted by atomic mass is 16.5. The molecule has 0 radical (unpaired) electrons. The van der Waals surface area contributed by atoms with Gasteiger partial charge in [0.25, 0.3) is 11.8 Å². The van der Waals surface area contributed by atoms with Gasteiger partial charge < -0.3 is 4.74 Å². The number of aryl methyl sites for hydroxylation is 1. The molecule has 2 amide bonds. The lowest BCUT2D eigenvalue weighted by molar-refractivity contribution is -0.144. The zero-order valence-corrected chi connectivity index (χ0v) is 13.1. The second-order valence-electron chi connectivity index (χ2n) is 5.55. The standard InChI is InChI=1S/C19H17NO4/c21-17(24-12-6-9-14-7-2-1-3-8-14)13-20-18(22)15-10-4-5-11-16(15)19(20)23/h1-5,7-8,10-11H,6,9,12-13H2. The van der Waals surface area contributed by atoms with Crippen LogP contribution in [0.4, 0.5) is 0 Å². The van der Waals surface area contributed by atoms with Crippen LogP contribution >= 0.6 is 0 Å². The largest absolute Gasteiger partial charge is 0.464 e. The van der Waals surface area contributed by atoms with Crippen molar-refractivity contribution in [3.63, 3.8) is 0 Å². The van der Waals surface area contributed by atoms with Crippen molar-refractivity contribution in [2.45, 2.75) is 12.8 Å². The van der Waals surface area contributed by atoms with Crippen LogP contribution in [-0.4, -0.2) is 35.8 Å². The van der Waals surface area contributed by atoms with E-state index < -0.39 is 17.8 Å². The maximum absolute atomic E-state index is 12.2. The fourth-order valence-electron chi connectivity index (χ4n) is 2.66. The molecule has 0 aromatic heterocycles. The van der Waals surface area contributed by atoms with Crippen LogP contribution in [0.2, 0.25) is 0 Å². The molecule has 2 aromatic rings. The molecule has 0 spiro atoms. The molecule has 0 atom stereocenters. The summed E-state index contributed by atoms with van der Waals surface area (Å²) >= 11 is 0. The molecule has 1 heterocycles. The molecule has 0 aliphatic carbocycles. The van der Waals surface area contributed by atoms with Crippen LogP contribution in [-0.2, 0) is 16.0 Å². The number of carbonyl (C=O) groups excluding carboxylic acids is 3. The van der Waals surface area contributed by atoms with E-state index in [0.29, 0.717) is 17.5 Å². The number of esters is 1. The van der Waals surface area contributed by atoms with Crippen molar-refractivity contribution in [2.24, 2.45) is 0 Å². The molecule has 2 aromatic carbocycles. The maximum Gasteiger partial charge on any atom is 0.326 e. The number of fused-ring (bicyclic) bond motifs is 1. The highest BCUT2D eigenvalue weighted by Crippen LogP contribution is 2.22. The lowest BCUT2D eigenvalue weighted by Crippen LogP contribution is -2.35. The minimum absolute atomic E-state index is 0.261. The van der Waals surface area contributed by atoms with Gasteiger partial charge in [-0.15, -0.1) is 0 Å². The second kappa shape index (κ2) is 7.08. The summed E-state index contributed by atoms with van der Waals surface area (Å²) in [6, 6.07) is 16.5. The Balaban J connectivity index is 1.48. The molecular formula is C19H17NO4. The van der Waals surface area contributed by atoms with Gasteiger partial charge in [-0.1, -0.05) is 42.5 Å². The molecule has 0 bridgehead atoms. The predicted octanol–water partition coefficient (Wildman–Crippen LogP) is 2.46. The van der Waals surface area contributed by atoms with Gasteiger partial charge in [-0.3, -0.25) is 19.3 Å². The number of hydrogen-bond acceptors (Lipinski definition) is 4. The first-order valence-corrected chi connectivity index (χ1v) is 7.81. The third-order valence-corrected chi connectivity index (χ3v) is 3.88. The van der Waals surface area contributed by atoms with Gasteiger partial charge in [0.15, 0.2) is 0 Å². The molecule has 0 saturated heterocycles. The summed E-state index contributed by atoms with van der Waals surface area (Å²) < 4.78 is 5.14. The van der Waals surface area contributed by atoms with Gasteiger partial charge in [-0.25, -0.2) is 0 Å². The normalized spacial score (nSPS) is 13.1. The molecule has 0 N–H and O–H groups in total. The quantitative estimate of drug-likeness (QED) is 0.465. The van der Waals surface area contributed by atoms with Crippen molar-refractivity contribution < 1.29 is 19.1 Å². The van der Waals surface area contributed by atoms with Crippen LogP contribution in [0.1, 0.15) is 32.7 Å². The van der Waals surface area contributed by atoms with E-state index >= 15 is 0 Å². The van der Waals surface area contributed by atoms with Crippen LogP contribution in [0.5, 0.6) is 0 Å². The van der Waals surface area contributed by atoms with Gasteiger partial charge in [0.05, 0.1) is 17.7 Å². The summed E-state index contributed by atoms with van der Waals surface area (Å²) in [5.74, 6) is -1.47. The van der Waals surface area contributed by atoms with Crippen LogP contribution < -0.4 is 0 Å². The van der Waals surface area contributed by atoms with Gasteiger partial charge in [0.2, 0.25) is 0 Å². The maximum atomic E-state index is 12.2. The van der Waals surface area contributed by atoms with Crippen molar-refractivity contribution in [2.75, 3.05) is 13.2 Å². The van der Waals surface area contributed by atoms with Gasteiger partial charge in [0.1, 0.15) is 6.54 Å². The SMILES string of the molecule is O=C(CN1C(=O)c2ccccc2C1=O)OCCCc1ccccc1. The van der Waals surface area contributed by atoms with Crippen molar-refractivity contribution >= 4 is 17.8 Å². The molecule has 1 aliphatic heterocycles. The Bertz CT molecular complexity index is 735. The monoisotopic (exact) mass is 323 g/mol. The number of benzene rings is 2. The minimum Gasteiger partial charge on any atom is -0.464 e. The summed E-state index contributed by atoms with van der Waals surface area (Å²) in [6.45, 7) is -0.0887. The zero-order valence-electron chi connectivity index (χ0n) is 13.1. The van der Waals surface area contributed by atoms with E-state index in [-0.39, 0.29) is 13.2 Å².